The number of hydrogen-bond acceptors (Lipinski definition) is 2. The predicted octanol–water partition coefficient (Wildman–Crippen LogP) is 6.23. The molecule has 1 nitrogen and oxygen atoms in total. The first-order valence-corrected chi connectivity index (χ1v) is 10.00. The van der Waals surface area contributed by atoms with Crippen LogP contribution in [0.15, 0.2) is 91.0 Å². The summed E-state index contributed by atoms with van der Waals surface area (Å²) in [6.45, 7) is 0. The van der Waals surface area contributed by atoms with Crippen molar-refractivity contribution in [3.8, 4) is 6.07 Å². The lowest BCUT2D eigenvalue weighted by Crippen LogP contribution is -2.29. The van der Waals surface area contributed by atoms with Crippen LogP contribution >= 0.6 is 23.4 Å². The average Bonchev–Trinajstić information content (AvgIpc) is 2.73. The lowest BCUT2D eigenvalue weighted by Gasteiger charge is -2.37. The fraction of sp³-hybridized carbons (Fsp3) is 0.174. The molecule has 0 heterocycles. The van der Waals surface area contributed by atoms with Crippen LogP contribution in [0.5, 0.6) is 0 Å². The van der Waals surface area contributed by atoms with Crippen LogP contribution in [0.25, 0.3) is 0 Å². The Balaban J connectivity index is 2.26. The number of alkyl halides is 1. The van der Waals surface area contributed by atoms with Gasteiger partial charge in [0.05, 0.1) is 10.8 Å². The smallest absolute Gasteiger partial charge is 0.0910 e. The van der Waals surface area contributed by atoms with E-state index in [9.17, 15) is 5.26 Å². The van der Waals surface area contributed by atoms with Crippen molar-refractivity contribution in [1.29, 1.82) is 5.26 Å². The van der Waals surface area contributed by atoms with Gasteiger partial charge in [-0.05, 0) is 16.7 Å². The summed E-state index contributed by atoms with van der Waals surface area (Å²) in [6.07, 6.45) is 0.419. The molecule has 0 bridgehead atoms. The maximum Gasteiger partial charge on any atom is 0.0910 e. The van der Waals surface area contributed by atoms with E-state index in [2.05, 4.69) is 78.9 Å². The van der Waals surface area contributed by atoms with Crippen LogP contribution in [0.3, 0.4) is 0 Å². The number of hydrogen-bond donors (Lipinski definition) is 0. The molecule has 130 valence electrons. The molecular weight excluding hydrogens is 358 g/mol. The van der Waals surface area contributed by atoms with Gasteiger partial charge in [0.2, 0.25) is 0 Å². The Labute approximate surface area is 164 Å². The largest absolute Gasteiger partial charge is 0.198 e. The van der Waals surface area contributed by atoms with Crippen LogP contribution in [0.4, 0.5) is 0 Å². The molecule has 0 aliphatic rings. The van der Waals surface area contributed by atoms with Gasteiger partial charge in [-0.2, -0.15) is 5.26 Å². The van der Waals surface area contributed by atoms with Gasteiger partial charge in [-0.15, -0.1) is 23.4 Å². The van der Waals surface area contributed by atoms with E-state index < -0.39 is 4.75 Å². The molecule has 0 fully saturated rings. The highest BCUT2D eigenvalue weighted by molar-refractivity contribution is 8.01. The number of halogens is 1. The van der Waals surface area contributed by atoms with Crippen molar-refractivity contribution in [3.05, 3.63) is 108 Å². The summed E-state index contributed by atoms with van der Waals surface area (Å²) in [6, 6.07) is 33.7. The molecule has 0 spiro atoms. The van der Waals surface area contributed by atoms with Crippen LogP contribution in [-0.4, -0.2) is 11.1 Å². The number of rotatable bonds is 7. The lowest BCUT2D eigenvalue weighted by atomic mass is 9.84. The van der Waals surface area contributed by atoms with Gasteiger partial charge < -0.3 is 0 Å². The highest BCUT2D eigenvalue weighted by atomic mass is 35.5. The molecule has 0 aliphatic heterocycles. The molecule has 3 heteroatoms. The molecule has 0 aromatic heterocycles. The van der Waals surface area contributed by atoms with Gasteiger partial charge in [-0.25, -0.2) is 0 Å². The van der Waals surface area contributed by atoms with Crippen LogP contribution in [0.1, 0.15) is 23.1 Å². The van der Waals surface area contributed by atoms with Crippen molar-refractivity contribution in [2.24, 2.45) is 0 Å². The Morgan fingerprint density at radius 2 is 1.15 bits per heavy atom. The van der Waals surface area contributed by atoms with E-state index in [4.69, 9.17) is 11.6 Å². The van der Waals surface area contributed by atoms with Gasteiger partial charge in [-0.3, -0.25) is 0 Å². The number of nitriles is 1. The second kappa shape index (κ2) is 8.94. The molecule has 3 aromatic rings. The van der Waals surface area contributed by atoms with Crippen molar-refractivity contribution in [3.63, 3.8) is 0 Å². The van der Waals surface area contributed by atoms with Crippen molar-refractivity contribution >= 4 is 23.4 Å². The zero-order chi connectivity index (χ0) is 18.2. The van der Waals surface area contributed by atoms with E-state index in [0.717, 1.165) is 0 Å². The van der Waals surface area contributed by atoms with Crippen molar-refractivity contribution in [2.45, 2.75) is 16.4 Å². The normalized spacial score (nSPS) is 12.3. The first-order valence-electron chi connectivity index (χ1n) is 8.58. The summed E-state index contributed by atoms with van der Waals surface area (Å²) >= 11 is 8.01. The minimum absolute atomic E-state index is 0.0299. The predicted molar refractivity (Wildman–Crippen MR) is 112 cm³/mol. The fourth-order valence-corrected chi connectivity index (χ4v) is 5.04. The molecule has 0 radical (unpaired) electrons. The number of nitrogens with zero attached hydrogens (tertiary/aromatic N) is 1. The highest BCUT2D eigenvalue weighted by Gasteiger charge is 2.39. The van der Waals surface area contributed by atoms with E-state index >= 15 is 0 Å². The third-order valence-corrected chi connectivity index (χ3v) is 6.66. The quantitative estimate of drug-likeness (QED) is 0.359. The van der Waals surface area contributed by atoms with Crippen molar-refractivity contribution < 1.29 is 0 Å². The molecule has 1 atom stereocenters. The first-order chi connectivity index (χ1) is 12.8. The number of thioether (sulfide) groups is 1. The summed E-state index contributed by atoms with van der Waals surface area (Å²) in [5.41, 5.74) is 3.57. The van der Waals surface area contributed by atoms with Gasteiger partial charge in [0, 0.05) is 17.6 Å². The molecule has 0 N–H and O–H groups in total. The van der Waals surface area contributed by atoms with Crippen LogP contribution in [0.2, 0.25) is 0 Å². The van der Waals surface area contributed by atoms with Crippen LogP contribution in [-0.2, 0) is 4.75 Å². The second-order valence-corrected chi connectivity index (χ2v) is 7.86. The lowest BCUT2D eigenvalue weighted by molar-refractivity contribution is 0.871. The Bertz CT molecular complexity index is 747. The van der Waals surface area contributed by atoms with Crippen LogP contribution < -0.4 is 0 Å². The SMILES string of the molecule is N#CCC(CCl)SC(c1ccccc1)(c1ccccc1)c1ccccc1. The molecule has 1 unspecified atom stereocenters. The first kappa shape index (κ1) is 18.6. The molecule has 0 saturated heterocycles. The van der Waals surface area contributed by atoms with E-state index in [0.29, 0.717) is 12.3 Å². The zero-order valence-electron chi connectivity index (χ0n) is 14.4. The molecule has 26 heavy (non-hydrogen) atoms. The number of benzene rings is 3. The van der Waals surface area contributed by atoms with E-state index in [-0.39, 0.29) is 5.25 Å². The third kappa shape index (κ3) is 3.80. The Morgan fingerprint density at radius 1 is 0.769 bits per heavy atom. The Kier molecular flexibility index (Phi) is 6.39. The molecule has 3 aromatic carbocycles. The molecule has 3 rings (SSSR count). The summed E-state index contributed by atoms with van der Waals surface area (Å²) in [4.78, 5) is 0. The maximum absolute atomic E-state index is 9.25. The standard InChI is InChI=1S/C23H20ClNS/c24-18-22(16-17-25)26-23(19-10-4-1-5-11-19,20-12-6-2-7-13-20)21-14-8-3-9-15-21/h1-15,22H,16,18H2. The van der Waals surface area contributed by atoms with E-state index in [1.165, 1.54) is 16.7 Å². The topological polar surface area (TPSA) is 23.8 Å². The second-order valence-electron chi connectivity index (χ2n) is 6.04. The van der Waals surface area contributed by atoms with Gasteiger partial charge in [0.25, 0.3) is 0 Å². The van der Waals surface area contributed by atoms with E-state index in [1.807, 2.05) is 18.2 Å². The van der Waals surface area contributed by atoms with Crippen LogP contribution in [0, 0.1) is 11.3 Å². The van der Waals surface area contributed by atoms with Crippen molar-refractivity contribution in [2.75, 3.05) is 5.88 Å². The minimum atomic E-state index is -0.416. The molecule has 0 amide bonds. The van der Waals surface area contributed by atoms with E-state index in [1.54, 1.807) is 11.8 Å². The fourth-order valence-electron chi connectivity index (χ4n) is 3.20. The van der Waals surface area contributed by atoms with Gasteiger partial charge >= 0.3 is 0 Å². The average molecular weight is 378 g/mol. The Hall–Kier alpha value is -2.21. The molecule has 0 saturated carbocycles. The summed E-state index contributed by atoms with van der Waals surface area (Å²) < 4.78 is -0.416. The third-order valence-electron chi connectivity index (χ3n) is 4.38. The highest BCUT2D eigenvalue weighted by Crippen LogP contribution is 2.50. The summed E-state index contributed by atoms with van der Waals surface area (Å²) in [5.74, 6) is 0.437. The monoisotopic (exact) mass is 377 g/mol. The summed E-state index contributed by atoms with van der Waals surface area (Å²) in [5, 5.41) is 9.28. The Morgan fingerprint density at radius 3 is 1.46 bits per heavy atom. The summed E-state index contributed by atoms with van der Waals surface area (Å²) in [7, 11) is 0. The van der Waals surface area contributed by atoms with Gasteiger partial charge in [0.1, 0.15) is 0 Å². The maximum atomic E-state index is 9.25. The minimum Gasteiger partial charge on any atom is -0.198 e. The van der Waals surface area contributed by atoms with Gasteiger partial charge in [0.15, 0.2) is 0 Å². The van der Waals surface area contributed by atoms with Gasteiger partial charge in [-0.1, -0.05) is 91.0 Å². The zero-order valence-corrected chi connectivity index (χ0v) is 16.0. The van der Waals surface area contributed by atoms with Crippen molar-refractivity contribution in [1.82, 2.24) is 0 Å². The molecular formula is C23H20ClNS. The molecule has 0 aliphatic carbocycles.